The van der Waals surface area contributed by atoms with Gasteiger partial charge in [-0.25, -0.2) is 14.8 Å². The number of hydrogen-bond donors (Lipinski definition) is 1. The van der Waals surface area contributed by atoms with Crippen molar-refractivity contribution in [1.29, 1.82) is 0 Å². The average Bonchev–Trinajstić information content (AvgIpc) is 2.27. The van der Waals surface area contributed by atoms with Crippen molar-refractivity contribution in [2.45, 2.75) is 33.2 Å². The van der Waals surface area contributed by atoms with Crippen molar-refractivity contribution in [3.8, 4) is 0 Å². The van der Waals surface area contributed by atoms with Gasteiger partial charge in [0.25, 0.3) is 0 Å². The fourth-order valence-corrected chi connectivity index (χ4v) is 2.29. The summed E-state index contributed by atoms with van der Waals surface area (Å²) in [4.78, 5) is 21.8. The lowest BCUT2D eigenvalue weighted by Gasteiger charge is -2.28. The minimum absolute atomic E-state index is 0.184. The minimum atomic E-state index is -0.948. The first-order chi connectivity index (χ1) is 8.11. The minimum Gasteiger partial charge on any atom is -0.477 e. The van der Waals surface area contributed by atoms with Gasteiger partial charge >= 0.3 is 5.97 Å². The molecule has 0 saturated carbocycles. The Morgan fingerprint density at radius 3 is 2.88 bits per heavy atom. The molecule has 2 rings (SSSR count). The van der Waals surface area contributed by atoms with Crippen LogP contribution in [0.15, 0.2) is 0 Å². The van der Waals surface area contributed by atoms with Gasteiger partial charge in [0.15, 0.2) is 5.69 Å². The summed E-state index contributed by atoms with van der Waals surface area (Å²) in [5, 5.41) is 9.13. The van der Waals surface area contributed by atoms with Crippen LogP contribution in [0.4, 0.5) is 0 Å². The molecule has 2 heterocycles. The molecule has 0 aromatic carbocycles. The van der Waals surface area contributed by atoms with Crippen molar-refractivity contribution < 1.29 is 9.90 Å². The second-order valence-corrected chi connectivity index (χ2v) is 4.38. The molecular formula is C12H17N3O2. The van der Waals surface area contributed by atoms with Crippen LogP contribution in [0.3, 0.4) is 0 Å². The van der Waals surface area contributed by atoms with Gasteiger partial charge in [-0.1, -0.05) is 6.92 Å². The van der Waals surface area contributed by atoms with E-state index in [-0.39, 0.29) is 5.69 Å². The number of hydrogen-bond acceptors (Lipinski definition) is 4. The van der Waals surface area contributed by atoms with Gasteiger partial charge < -0.3 is 5.11 Å². The molecule has 0 spiro atoms. The van der Waals surface area contributed by atoms with Crippen molar-refractivity contribution in [3.05, 3.63) is 22.8 Å². The Bertz CT molecular complexity index is 446. The highest BCUT2D eigenvalue weighted by Gasteiger charge is 2.23. The molecule has 5 nitrogen and oxygen atoms in total. The van der Waals surface area contributed by atoms with Crippen LogP contribution in [0.2, 0.25) is 0 Å². The van der Waals surface area contributed by atoms with Crippen LogP contribution in [0.25, 0.3) is 0 Å². The van der Waals surface area contributed by atoms with Gasteiger partial charge in [-0.15, -0.1) is 0 Å². The molecule has 1 aliphatic heterocycles. The first kappa shape index (κ1) is 12.0. The van der Waals surface area contributed by atoms with Gasteiger partial charge in [0.05, 0.1) is 5.69 Å². The van der Waals surface area contributed by atoms with Crippen molar-refractivity contribution >= 4 is 5.97 Å². The van der Waals surface area contributed by atoms with Gasteiger partial charge in [-0.2, -0.15) is 0 Å². The molecule has 17 heavy (non-hydrogen) atoms. The molecule has 0 unspecified atom stereocenters. The summed E-state index contributed by atoms with van der Waals surface area (Å²) in [7, 11) is 0. The number of rotatable bonds is 3. The summed E-state index contributed by atoms with van der Waals surface area (Å²) in [6, 6.07) is 0. The molecule has 0 fully saturated rings. The maximum absolute atomic E-state index is 11.1. The molecule has 0 saturated heterocycles. The van der Waals surface area contributed by atoms with Gasteiger partial charge in [-0.3, -0.25) is 4.90 Å². The SMILES string of the molecule is CCCN1CCc2c(nc(C)nc2C(=O)O)C1. The number of carboxylic acids is 1. The standard InChI is InChI=1S/C12H17N3O2/c1-3-5-15-6-4-9-10(7-15)13-8(2)14-11(9)12(16)17/h3-7H2,1-2H3,(H,16,17). The predicted molar refractivity (Wildman–Crippen MR) is 63.0 cm³/mol. The highest BCUT2D eigenvalue weighted by Crippen LogP contribution is 2.20. The monoisotopic (exact) mass is 235 g/mol. The Balaban J connectivity index is 2.35. The number of carboxylic acid groups (broad SMARTS) is 1. The maximum Gasteiger partial charge on any atom is 0.354 e. The highest BCUT2D eigenvalue weighted by atomic mass is 16.4. The van der Waals surface area contributed by atoms with E-state index in [0.29, 0.717) is 5.82 Å². The lowest BCUT2D eigenvalue weighted by Crippen LogP contribution is -2.33. The van der Waals surface area contributed by atoms with Crippen molar-refractivity contribution in [2.24, 2.45) is 0 Å². The van der Waals surface area contributed by atoms with Gasteiger partial charge in [-0.05, 0) is 26.3 Å². The summed E-state index contributed by atoms with van der Waals surface area (Å²) in [5.41, 5.74) is 1.88. The quantitative estimate of drug-likeness (QED) is 0.854. The third kappa shape index (κ3) is 2.44. The molecule has 0 amide bonds. The van der Waals surface area contributed by atoms with E-state index in [2.05, 4.69) is 21.8 Å². The van der Waals surface area contributed by atoms with Crippen molar-refractivity contribution in [2.75, 3.05) is 13.1 Å². The topological polar surface area (TPSA) is 66.3 Å². The van der Waals surface area contributed by atoms with Crippen LogP contribution >= 0.6 is 0 Å². The van der Waals surface area contributed by atoms with Crippen LogP contribution in [-0.2, 0) is 13.0 Å². The lowest BCUT2D eigenvalue weighted by atomic mass is 10.0. The Morgan fingerprint density at radius 1 is 1.47 bits per heavy atom. The number of aryl methyl sites for hydroxylation is 1. The molecule has 92 valence electrons. The predicted octanol–water partition coefficient (Wildman–Crippen LogP) is 1.25. The van der Waals surface area contributed by atoms with Crippen LogP contribution in [0.5, 0.6) is 0 Å². The summed E-state index contributed by atoms with van der Waals surface area (Å²) in [5.74, 6) is -0.407. The normalized spacial score (nSPS) is 15.6. The van der Waals surface area contributed by atoms with Crippen LogP contribution in [-0.4, -0.2) is 39.0 Å². The molecule has 1 aromatic rings. The van der Waals surface area contributed by atoms with Crippen molar-refractivity contribution in [3.63, 3.8) is 0 Å². The van der Waals surface area contributed by atoms with Gasteiger partial charge in [0, 0.05) is 18.7 Å². The van der Waals surface area contributed by atoms with E-state index >= 15 is 0 Å². The largest absolute Gasteiger partial charge is 0.477 e. The van der Waals surface area contributed by atoms with E-state index in [4.69, 9.17) is 5.11 Å². The molecule has 1 aliphatic rings. The summed E-state index contributed by atoms with van der Waals surface area (Å²) < 4.78 is 0. The number of fused-ring (bicyclic) bond motifs is 1. The third-order valence-corrected chi connectivity index (χ3v) is 3.00. The Kier molecular flexibility index (Phi) is 3.38. The summed E-state index contributed by atoms with van der Waals surface area (Å²) in [6.45, 7) is 6.56. The number of aromatic carboxylic acids is 1. The van der Waals surface area contributed by atoms with Gasteiger partial charge in [0.1, 0.15) is 5.82 Å². The number of carbonyl (C=O) groups is 1. The van der Waals surface area contributed by atoms with Crippen LogP contribution in [0.1, 0.15) is 40.9 Å². The molecule has 5 heteroatoms. The summed E-state index contributed by atoms with van der Waals surface area (Å²) >= 11 is 0. The highest BCUT2D eigenvalue weighted by molar-refractivity contribution is 5.87. The zero-order valence-corrected chi connectivity index (χ0v) is 10.2. The Hall–Kier alpha value is -1.49. The second kappa shape index (κ2) is 4.79. The first-order valence-corrected chi connectivity index (χ1v) is 5.94. The van der Waals surface area contributed by atoms with E-state index in [9.17, 15) is 4.79 Å². The lowest BCUT2D eigenvalue weighted by molar-refractivity contribution is 0.0687. The molecule has 0 aliphatic carbocycles. The zero-order valence-electron chi connectivity index (χ0n) is 10.2. The fourth-order valence-electron chi connectivity index (χ4n) is 2.29. The smallest absolute Gasteiger partial charge is 0.354 e. The van der Waals surface area contributed by atoms with E-state index in [1.807, 2.05) is 0 Å². The first-order valence-electron chi connectivity index (χ1n) is 5.94. The Morgan fingerprint density at radius 2 is 2.24 bits per heavy atom. The molecule has 1 N–H and O–H groups in total. The second-order valence-electron chi connectivity index (χ2n) is 4.38. The molecule has 0 radical (unpaired) electrons. The number of aromatic nitrogens is 2. The van der Waals surface area contributed by atoms with Crippen molar-refractivity contribution in [1.82, 2.24) is 14.9 Å². The zero-order chi connectivity index (χ0) is 12.4. The van der Waals surface area contributed by atoms with E-state index in [1.165, 1.54) is 0 Å². The average molecular weight is 235 g/mol. The molecular weight excluding hydrogens is 218 g/mol. The molecule has 1 aromatic heterocycles. The third-order valence-electron chi connectivity index (χ3n) is 3.00. The fraction of sp³-hybridized carbons (Fsp3) is 0.583. The van der Waals surface area contributed by atoms with E-state index in [1.54, 1.807) is 6.92 Å². The van der Waals surface area contributed by atoms with Crippen LogP contribution < -0.4 is 0 Å². The maximum atomic E-state index is 11.1. The summed E-state index contributed by atoms with van der Waals surface area (Å²) in [6.07, 6.45) is 1.84. The van der Waals surface area contributed by atoms with E-state index in [0.717, 1.165) is 43.7 Å². The van der Waals surface area contributed by atoms with Crippen LogP contribution in [0, 0.1) is 6.92 Å². The van der Waals surface area contributed by atoms with E-state index < -0.39 is 5.97 Å². The van der Waals surface area contributed by atoms with Gasteiger partial charge in [0.2, 0.25) is 0 Å². The molecule has 0 bridgehead atoms. The molecule has 0 atom stereocenters. The Labute approximate surface area is 100 Å². The number of nitrogens with zero attached hydrogens (tertiary/aromatic N) is 3.